The Labute approximate surface area is 181 Å². The molecule has 168 valence electrons. The zero-order valence-electron chi connectivity index (χ0n) is 18.8. The molecule has 0 aromatic heterocycles. The van der Waals surface area contributed by atoms with Gasteiger partial charge in [0.25, 0.3) is 0 Å². The molecule has 1 aromatic rings. The lowest BCUT2D eigenvalue weighted by molar-refractivity contribution is 0.0211. The molecule has 2 heterocycles. The van der Waals surface area contributed by atoms with Crippen LogP contribution in [0.1, 0.15) is 32.3 Å². The summed E-state index contributed by atoms with van der Waals surface area (Å²) < 4.78 is 16.5. The standard InChI is InChI=1S/C23H38N4O3/c1-4-24-22(25-17-19(2)27-11-15-30-16-12-27)26-18-23(9-13-29-14-10-23)20-5-7-21(28-3)8-6-20/h5-8,19H,4,9-18H2,1-3H3,(H2,24,25,26). The van der Waals surface area contributed by atoms with Crippen molar-refractivity contribution >= 4 is 5.96 Å². The van der Waals surface area contributed by atoms with Crippen molar-refractivity contribution in [1.29, 1.82) is 0 Å². The fraction of sp³-hybridized carbons (Fsp3) is 0.696. The van der Waals surface area contributed by atoms with Crippen molar-refractivity contribution < 1.29 is 14.2 Å². The first-order valence-corrected chi connectivity index (χ1v) is 11.2. The van der Waals surface area contributed by atoms with Gasteiger partial charge in [-0.25, -0.2) is 0 Å². The number of methoxy groups -OCH3 is 1. The van der Waals surface area contributed by atoms with Crippen molar-refractivity contribution in [2.24, 2.45) is 4.99 Å². The lowest BCUT2D eigenvalue weighted by Gasteiger charge is -2.37. The number of ether oxygens (including phenoxy) is 3. The minimum Gasteiger partial charge on any atom is -0.497 e. The predicted octanol–water partition coefficient (Wildman–Crippen LogP) is 2.02. The topological polar surface area (TPSA) is 67.4 Å². The Bertz CT molecular complexity index is 653. The first-order valence-electron chi connectivity index (χ1n) is 11.2. The lowest BCUT2D eigenvalue weighted by Crippen LogP contribution is -2.49. The summed E-state index contributed by atoms with van der Waals surface area (Å²) in [5, 5.41) is 6.96. The van der Waals surface area contributed by atoms with E-state index in [1.165, 1.54) is 5.56 Å². The molecule has 2 fully saturated rings. The number of benzene rings is 1. The second-order valence-corrected chi connectivity index (χ2v) is 8.19. The summed E-state index contributed by atoms with van der Waals surface area (Å²) in [6, 6.07) is 8.89. The number of nitrogens with one attached hydrogen (secondary N) is 2. The van der Waals surface area contributed by atoms with Crippen LogP contribution < -0.4 is 15.4 Å². The molecule has 1 unspecified atom stereocenters. The van der Waals surface area contributed by atoms with Crippen LogP contribution in [0.5, 0.6) is 5.75 Å². The Balaban J connectivity index is 1.67. The summed E-state index contributed by atoms with van der Waals surface area (Å²) >= 11 is 0. The minimum absolute atomic E-state index is 0.00268. The molecule has 0 bridgehead atoms. The first kappa shape index (κ1) is 22.8. The van der Waals surface area contributed by atoms with Gasteiger partial charge in [0.2, 0.25) is 0 Å². The zero-order valence-corrected chi connectivity index (χ0v) is 18.8. The Morgan fingerprint density at radius 2 is 1.77 bits per heavy atom. The van der Waals surface area contributed by atoms with Crippen molar-refractivity contribution in [2.75, 3.05) is 66.3 Å². The Morgan fingerprint density at radius 1 is 1.10 bits per heavy atom. The summed E-state index contributed by atoms with van der Waals surface area (Å²) in [4.78, 5) is 7.48. The molecule has 2 aliphatic heterocycles. The Hall–Kier alpha value is -1.83. The number of hydrogen-bond acceptors (Lipinski definition) is 5. The van der Waals surface area contributed by atoms with Crippen molar-refractivity contribution in [3.8, 4) is 5.75 Å². The van der Waals surface area contributed by atoms with Gasteiger partial charge >= 0.3 is 0 Å². The lowest BCUT2D eigenvalue weighted by atomic mass is 9.74. The van der Waals surface area contributed by atoms with E-state index in [-0.39, 0.29) is 5.41 Å². The minimum atomic E-state index is 0.00268. The van der Waals surface area contributed by atoms with Crippen LogP contribution in [0.2, 0.25) is 0 Å². The van der Waals surface area contributed by atoms with Gasteiger partial charge in [-0.3, -0.25) is 9.89 Å². The molecule has 7 nitrogen and oxygen atoms in total. The van der Waals surface area contributed by atoms with Crippen LogP contribution in [0.15, 0.2) is 29.3 Å². The van der Waals surface area contributed by atoms with E-state index in [2.05, 4.69) is 41.5 Å². The van der Waals surface area contributed by atoms with Crippen LogP contribution in [0.25, 0.3) is 0 Å². The maximum atomic E-state index is 5.67. The van der Waals surface area contributed by atoms with Crippen molar-refractivity contribution in [1.82, 2.24) is 15.5 Å². The average Bonchev–Trinajstić information content (AvgIpc) is 2.82. The van der Waals surface area contributed by atoms with Crippen molar-refractivity contribution in [2.45, 2.75) is 38.1 Å². The van der Waals surface area contributed by atoms with Crippen LogP contribution in [-0.4, -0.2) is 83.2 Å². The molecule has 3 rings (SSSR count). The molecule has 1 atom stereocenters. The molecule has 7 heteroatoms. The maximum Gasteiger partial charge on any atom is 0.191 e. The molecule has 0 radical (unpaired) electrons. The Kier molecular flexibility index (Phi) is 8.78. The van der Waals surface area contributed by atoms with Gasteiger partial charge in [-0.2, -0.15) is 0 Å². The van der Waals surface area contributed by atoms with Gasteiger partial charge < -0.3 is 24.8 Å². The average molecular weight is 419 g/mol. The molecule has 0 amide bonds. The summed E-state index contributed by atoms with van der Waals surface area (Å²) in [6.07, 6.45) is 1.96. The van der Waals surface area contributed by atoms with Crippen LogP contribution in [0.4, 0.5) is 0 Å². The smallest absolute Gasteiger partial charge is 0.191 e. The number of hydrogen-bond donors (Lipinski definition) is 2. The Morgan fingerprint density at radius 3 is 2.40 bits per heavy atom. The van der Waals surface area contributed by atoms with E-state index in [1.807, 2.05) is 12.1 Å². The quantitative estimate of drug-likeness (QED) is 0.497. The van der Waals surface area contributed by atoms with Crippen LogP contribution in [0.3, 0.4) is 0 Å². The summed E-state index contributed by atoms with van der Waals surface area (Å²) in [5.74, 6) is 1.77. The molecule has 2 aliphatic rings. The van der Waals surface area contributed by atoms with Gasteiger partial charge in [0.1, 0.15) is 5.75 Å². The van der Waals surface area contributed by atoms with Crippen molar-refractivity contribution in [3.05, 3.63) is 29.8 Å². The third-order valence-corrected chi connectivity index (χ3v) is 6.27. The van der Waals surface area contributed by atoms with E-state index in [0.29, 0.717) is 6.04 Å². The van der Waals surface area contributed by atoms with Gasteiger partial charge in [0.05, 0.1) is 26.9 Å². The second kappa shape index (κ2) is 11.5. The highest BCUT2D eigenvalue weighted by Crippen LogP contribution is 2.36. The van der Waals surface area contributed by atoms with Gasteiger partial charge in [-0.1, -0.05) is 12.1 Å². The fourth-order valence-corrected chi connectivity index (χ4v) is 4.21. The zero-order chi connectivity index (χ0) is 21.2. The highest BCUT2D eigenvalue weighted by molar-refractivity contribution is 5.79. The predicted molar refractivity (Wildman–Crippen MR) is 121 cm³/mol. The normalized spacial score (nSPS) is 21.1. The fourth-order valence-electron chi connectivity index (χ4n) is 4.21. The molecule has 0 spiro atoms. The van der Waals surface area contributed by atoms with E-state index in [9.17, 15) is 0 Å². The van der Waals surface area contributed by atoms with Crippen LogP contribution in [-0.2, 0) is 14.9 Å². The van der Waals surface area contributed by atoms with Crippen LogP contribution >= 0.6 is 0 Å². The third kappa shape index (κ3) is 6.09. The van der Waals surface area contributed by atoms with Gasteiger partial charge in [0, 0.05) is 50.8 Å². The van der Waals surface area contributed by atoms with Gasteiger partial charge in [-0.05, 0) is 44.4 Å². The first-order chi connectivity index (χ1) is 14.7. The van der Waals surface area contributed by atoms with E-state index in [0.717, 1.165) is 83.7 Å². The number of guanidine groups is 1. The second-order valence-electron chi connectivity index (χ2n) is 8.19. The number of morpholine rings is 1. The largest absolute Gasteiger partial charge is 0.497 e. The monoisotopic (exact) mass is 418 g/mol. The molecule has 0 aliphatic carbocycles. The summed E-state index contributed by atoms with van der Waals surface area (Å²) in [6.45, 7) is 12.0. The number of rotatable bonds is 8. The highest BCUT2D eigenvalue weighted by atomic mass is 16.5. The van der Waals surface area contributed by atoms with E-state index < -0.39 is 0 Å². The summed E-state index contributed by atoms with van der Waals surface area (Å²) in [5.41, 5.74) is 1.32. The number of nitrogens with zero attached hydrogens (tertiary/aromatic N) is 2. The third-order valence-electron chi connectivity index (χ3n) is 6.27. The summed E-state index contributed by atoms with van der Waals surface area (Å²) in [7, 11) is 1.70. The maximum absolute atomic E-state index is 5.67. The molecule has 2 N–H and O–H groups in total. The molecule has 2 saturated heterocycles. The molecule has 1 aromatic carbocycles. The van der Waals surface area contributed by atoms with Crippen LogP contribution in [0, 0.1) is 0 Å². The highest BCUT2D eigenvalue weighted by Gasteiger charge is 2.34. The van der Waals surface area contributed by atoms with Gasteiger partial charge in [-0.15, -0.1) is 0 Å². The SMILES string of the molecule is CCNC(=NCC1(c2ccc(OC)cc2)CCOCC1)NCC(C)N1CCOCC1. The van der Waals surface area contributed by atoms with E-state index in [1.54, 1.807) is 7.11 Å². The van der Waals surface area contributed by atoms with Gasteiger partial charge in [0.15, 0.2) is 5.96 Å². The molecular weight excluding hydrogens is 380 g/mol. The molecule has 0 saturated carbocycles. The van der Waals surface area contributed by atoms with E-state index in [4.69, 9.17) is 19.2 Å². The molecular formula is C23H38N4O3. The van der Waals surface area contributed by atoms with E-state index >= 15 is 0 Å². The molecule has 30 heavy (non-hydrogen) atoms. The number of aliphatic imine (C=N–C) groups is 1. The van der Waals surface area contributed by atoms with Crippen molar-refractivity contribution in [3.63, 3.8) is 0 Å².